The Morgan fingerprint density at radius 2 is 2.29 bits per heavy atom. The van der Waals surface area contributed by atoms with E-state index >= 15 is 0 Å². The number of benzene rings is 1. The molecule has 0 bridgehead atoms. The number of hydrogen-bond donors (Lipinski definition) is 2. The Labute approximate surface area is 146 Å². The van der Waals surface area contributed by atoms with Crippen LogP contribution in [-0.4, -0.2) is 23.5 Å². The molecule has 1 heterocycles. The lowest BCUT2D eigenvalue weighted by Crippen LogP contribution is -2.32. The van der Waals surface area contributed by atoms with Crippen LogP contribution in [0.5, 0.6) is 0 Å². The number of halogens is 2. The Morgan fingerprint density at radius 1 is 1.52 bits per heavy atom. The van der Waals surface area contributed by atoms with E-state index in [1.54, 1.807) is 13.3 Å². The highest BCUT2D eigenvalue weighted by atomic mass is 127. The van der Waals surface area contributed by atoms with Gasteiger partial charge in [-0.2, -0.15) is 5.10 Å². The molecule has 0 amide bonds. The van der Waals surface area contributed by atoms with E-state index < -0.39 is 0 Å². The highest BCUT2D eigenvalue weighted by Gasteiger charge is 2.23. The SMILES string of the molecule is COCCn1ncc(Br)c1C(NN)c1cccc(C)c1I. The van der Waals surface area contributed by atoms with Crippen molar-refractivity contribution < 1.29 is 4.74 Å². The Balaban J connectivity index is 2.46. The van der Waals surface area contributed by atoms with Crippen LogP contribution in [0.25, 0.3) is 0 Å². The summed E-state index contributed by atoms with van der Waals surface area (Å²) in [5.74, 6) is 5.83. The van der Waals surface area contributed by atoms with Gasteiger partial charge in [0.1, 0.15) is 0 Å². The van der Waals surface area contributed by atoms with Crippen LogP contribution in [0.3, 0.4) is 0 Å². The average Bonchev–Trinajstić information content (AvgIpc) is 2.83. The summed E-state index contributed by atoms with van der Waals surface area (Å²) in [5, 5.41) is 4.39. The van der Waals surface area contributed by atoms with Gasteiger partial charge >= 0.3 is 0 Å². The Kier molecular flexibility index (Phi) is 6.18. The maximum Gasteiger partial charge on any atom is 0.0900 e. The molecule has 1 aromatic carbocycles. The molecular weight excluding hydrogens is 447 g/mol. The van der Waals surface area contributed by atoms with E-state index in [9.17, 15) is 0 Å². The zero-order chi connectivity index (χ0) is 15.4. The molecule has 0 saturated heterocycles. The molecule has 114 valence electrons. The molecule has 5 nitrogen and oxygen atoms in total. The number of aromatic nitrogens is 2. The fourth-order valence-electron chi connectivity index (χ4n) is 2.22. The molecule has 0 fully saturated rings. The minimum Gasteiger partial charge on any atom is -0.383 e. The first-order valence-electron chi connectivity index (χ1n) is 6.51. The van der Waals surface area contributed by atoms with Crippen molar-refractivity contribution in [2.75, 3.05) is 13.7 Å². The van der Waals surface area contributed by atoms with Crippen molar-refractivity contribution in [1.29, 1.82) is 0 Å². The molecule has 2 aromatic rings. The first kappa shape index (κ1) is 16.9. The summed E-state index contributed by atoms with van der Waals surface area (Å²) in [6.45, 7) is 3.37. The van der Waals surface area contributed by atoms with Crippen LogP contribution in [0.1, 0.15) is 22.9 Å². The van der Waals surface area contributed by atoms with Gasteiger partial charge in [-0.3, -0.25) is 10.5 Å². The van der Waals surface area contributed by atoms with E-state index in [1.165, 1.54) is 9.13 Å². The topological polar surface area (TPSA) is 65.1 Å². The third kappa shape index (κ3) is 3.65. The number of ether oxygens (including phenoxy) is 1. The normalized spacial score (nSPS) is 12.6. The first-order chi connectivity index (χ1) is 10.1. The summed E-state index contributed by atoms with van der Waals surface area (Å²) < 4.78 is 9.18. The predicted molar refractivity (Wildman–Crippen MR) is 94.9 cm³/mol. The van der Waals surface area contributed by atoms with Crippen molar-refractivity contribution in [3.63, 3.8) is 0 Å². The fourth-order valence-corrected chi connectivity index (χ4v) is 3.42. The number of aryl methyl sites for hydroxylation is 1. The summed E-state index contributed by atoms with van der Waals surface area (Å²) in [6, 6.07) is 6.08. The van der Waals surface area contributed by atoms with Gasteiger partial charge in [-0.05, 0) is 56.6 Å². The van der Waals surface area contributed by atoms with Crippen LogP contribution in [0, 0.1) is 10.5 Å². The molecule has 2 rings (SSSR count). The second-order valence-electron chi connectivity index (χ2n) is 4.67. The van der Waals surface area contributed by atoms with Gasteiger partial charge in [0, 0.05) is 10.7 Å². The highest BCUT2D eigenvalue weighted by molar-refractivity contribution is 14.1. The van der Waals surface area contributed by atoms with E-state index in [4.69, 9.17) is 10.6 Å². The van der Waals surface area contributed by atoms with Crippen LogP contribution in [0.4, 0.5) is 0 Å². The number of hydrazine groups is 1. The lowest BCUT2D eigenvalue weighted by molar-refractivity contribution is 0.182. The summed E-state index contributed by atoms with van der Waals surface area (Å²) in [5.41, 5.74) is 6.27. The summed E-state index contributed by atoms with van der Waals surface area (Å²) in [7, 11) is 1.68. The first-order valence-corrected chi connectivity index (χ1v) is 8.38. The van der Waals surface area contributed by atoms with Crippen molar-refractivity contribution in [1.82, 2.24) is 15.2 Å². The number of rotatable bonds is 6. The van der Waals surface area contributed by atoms with Crippen molar-refractivity contribution in [2.24, 2.45) is 5.84 Å². The van der Waals surface area contributed by atoms with Crippen LogP contribution >= 0.6 is 38.5 Å². The van der Waals surface area contributed by atoms with Crippen LogP contribution in [-0.2, 0) is 11.3 Å². The summed E-state index contributed by atoms with van der Waals surface area (Å²) >= 11 is 5.92. The zero-order valence-electron chi connectivity index (χ0n) is 11.9. The molecule has 1 unspecified atom stereocenters. The van der Waals surface area contributed by atoms with Gasteiger partial charge in [-0.15, -0.1) is 0 Å². The number of nitrogens with two attached hydrogens (primary N) is 1. The van der Waals surface area contributed by atoms with Gasteiger partial charge in [0.25, 0.3) is 0 Å². The van der Waals surface area contributed by atoms with Crippen LogP contribution in [0.15, 0.2) is 28.9 Å². The van der Waals surface area contributed by atoms with Crippen LogP contribution < -0.4 is 11.3 Å². The third-order valence-electron chi connectivity index (χ3n) is 3.31. The molecular formula is C14H18BrIN4O. The number of nitrogens with zero attached hydrogens (tertiary/aromatic N) is 2. The van der Waals surface area contributed by atoms with E-state index in [1.807, 2.05) is 10.7 Å². The average molecular weight is 465 g/mol. The standard InChI is InChI=1S/C14H18BrIN4O/c1-9-4-3-5-10(12(9)16)13(19-17)14-11(15)8-18-20(14)6-7-21-2/h3-5,8,13,19H,6-7,17H2,1-2H3. The smallest absolute Gasteiger partial charge is 0.0900 e. The molecule has 0 saturated carbocycles. The largest absolute Gasteiger partial charge is 0.383 e. The fraction of sp³-hybridized carbons (Fsp3) is 0.357. The Morgan fingerprint density at radius 3 is 2.95 bits per heavy atom. The molecule has 0 aliphatic rings. The van der Waals surface area contributed by atoms with Gasteiger partial charge in [-0.25, -0.2) is 5.43 Å². The summed E-state index contributed by atoms with van der Waals surface area (Å²) in [4.78, 5) is 0. The molecule has 0 radical (unpaired) electrons. The third-order valence-corrected chi connectivity index (χ3v) is 5.40. The summed E-state index contributed by atoms with van der Waals surface area (Å²) in [6.07, 6.45) is 1.79. The molecule has 0 aliphatic carbocycles. The van der Waals surface area contributed by atoms with E-state index in [0.717, 1.165) is 15.7 Å². The maximum atomic E-state index is 5.83. The maximum absolute atomic E-state index is 5.83. The van der Waals surface area contributed by atoms with Gasteiger partial charge < -0.3 is 4.74 Å². The molecule has 1 aromatic heterocycles. The molecule has 7 heteroatoms. The minimum atomic E-state index is -0.134. The molecule has 1 atom stereocenters. The molecule has 3 N–H and O–H groups in total. The Hall–Kier alpha value is -0.480. The van der Waals surface area contributed by atoms with Gasteiger partial charge in [0.2, 0.25) is 0 Å². The number of hydrogen-bond acceptors (Lipinski definition) is 4. The van der Waals surface area contributed by atoms with Crippen molar-refractivity contribution >= 4 is 38.5 Å². The van der Waals surface area contributed by atoms with Gasteiger partial charge in [0.05, 0.1) is 35.6 Å². The second kappa shape index (κ2) is 7.68. The van der Waals surface area contributed by atoms with E-state index in [-0.39, 0.29) is 6.04 Å². The number of methoxy groups -OCH3 is 1. The monoisotopic (exact) mass is 464 g/mol. The highest BCUT2D eigenvalue weighted by Crippen LogP contribution is 2.31. The Bertz CT molecular complexity index is 617. The molecule has 21 heavy (non-hydrogen) atoms. The van der Waals surface area contributed by atoms with Crippen molar-refractivity contribution in [3.8, 4) is 0 Å². The molecule has 0 aliphatic heterocycles. The lowest BCUT2D eigenvalue weighted by Gasteiger charge is -2.21. The van der Waals surface area contributed by atoms with Crippen LogP contribution in [0.2, 0.25) is 0 Å². The van der Waals surface area contributed by atoms with Gasteiger partial charge in [0.15, 0.2) is 0 Å². The lowest BCUT2D eigenvalue weighted by atomic mass is 10.0. The zero-order valence-corrected chi connectivity index (χ0v) is 15.7. The minimum absolute atomic E-state index is 0.134. The predicted octanol–water partition coefficient (Wildman–Crippen LogP) is 2.76. The van der Waals surface area contributed by atoms with E-state index in [2.05, 4.69) is 68.1 Å². The molecule has 0 spiro atoms. The number of nitrogens with one attached hydrogen (secondary N) is 1. The van der Waals surface area contributed by atoms with Gasteiger partial charge in [-0.1, -0.05) is 18.2 Å². The quantitative estimate of drug-likeness (QED) is 0.392. The van der Waals surface area contributed by atoms with Crippen molar-refractivity contribution in [2.45, 2.75) is 19.5 Å². The second-order valence-corrected chi connectivity index (χ2v) is 6.60. The van der Waals surface area contributed by atoms with Crippen molar-refractivity contribution in [3.05, 3.63) is 49.3 Å². The van der Waals surface area contributed by atoms with E-state index in [0.29, 0.717) is 13.2 Å².